The van der Waals surface area contributed by atoms with Gasteiger partial charge in [0.15, 0.2) is 0 Å². The van der Waals surface area contributed by atoms with E-state index in [2.05, 4.69) is 11.1 Å². The summed E-state index contributed by atoms with van der Waals surface area (Å²) in [7, 11) is 0. The highest BCUT2D eigenvalue weighted by Crippen LogP contribution is 2.40. The Labute approximate surface area is 122 Å². The van der Waals surface area contributed by atoms with Crippen LogP contribution >= 0.6 is 0 Å². The molecule has 0 aliphatic carbocycles. The van der Waals surface area contributed by atoms with Crippen molar-refractivity contribution < 1.29 is 9.59 Å². The molecule has 5 nitrogen and oxygen atoms in total. The maximum absolute atomic E-state index is 12.4. The molecule has 2 aromatic rings. The lowest BCUT2D eigenvalue weighted by Crippen LogP contribution is -2.42. The maximum atomic E-state index is 12.4. The van der Waals surface area contributed by atoms with Crippen molar-refractivity contribution in [2.75, 3.05) is 6.54 Å². The summed E-state index contributed by atoms with van der Waals surface area (Å²) in [5.74, 6) is -0.0646. The molecular formula is C16H17N3O2. The number of aromatic nitrogens is 1. The van der Waals surface area contributed by atoms with Crippen molar-refractivity contribution in [1.29, 1.82) is 0 Å². The van der Waals surface area contributed by atoms with Gasteiger partial charge in [0, 0.05) is 29.6 Å². The molecule has 2 atom stereocenters. The number of fused-ring (bicyclic) bond motifs is 4. The quantitative estimate of drug-likeness (QED) is 0.817. The largest absolute Gasteiger partial charge is 0.356 e. The smallest absolute Gasteiger partial charge is 0.328 e. The van der Waals surface area contributed by atoms with Gasteiger partial charge in [0.05, 0.1) is 6.04 Å². The van der Waals surface area contributed by atoms with Crippen molar-refractivity contribution in [3.8, 4) is 0 Å². The Bertz CT molecular complexity index is 764. The number of likely N-dealkylation sites (N-methyl/N-ethyl adjacent to an activating group) is 1. The molecule has 0 radical (unpaired) electrons. The maximum Gasteiger partial charge on any atom is 0.328 e. The Morgan fingerprint density at radius 3 is 2.81 bits per heavy atom. The normalized spacial score (nSPS) is 24.7. The van der Waals surface area contributed by atoms with Crippen molar-refractivity contribution in [1.82, 2.24) is 14.8 Å². The Morgan fingerprint density at radius 1 is 1.29 bits per heavy atom. The average molecular weight is 283 g/mol. The molecule has 108 valence electrons. The van der Waals surface area contributed by atoms with Crippen molar-refractivity contribution >= 4 is 22.8 Å². The van der Waals surface area contributed by atoms with Crippen molar-refractivity contribution in [3.63, 3.8) is 0 Å². The van der Waals surface area contributed by atoms with Crippen LogP contribution in [0, 0.1) is 0 Å². The number of nitrogens with one attached hydrogen (secondary N) is 1. The number of benzene rings is 1. The predicted octanol–water partition coefficient (Wildman–Crippen LogP) is 2.44. The van der Waals surface area contributed by atoms with E-state index in [0.29, 0.717) is 13.0 Å². The summed E-state index contributed by atoms with van der Waals surface area (Å²) in [5.41, 5.74) is 3.31. The number of imide groups is 1. The van der Waals surface area contributed by atoms with E-state index in [4.69, 9.17) is 0 Å². The molecule has 2 aliphatic heterocycles. The van der Waals surface area contributed by atoms with Crippen LogP contribution in [0.2, 0.25) is 0 Å². The van der Waals surface area contributed by atoms with E-state index >= 15 is 0 Å². The Hall–Kier alpha value is -2.30. The summed E-state index contributed by atoms with van der Waals surface area (Å²) in [5, 5.41) is 1.16. The first-order valence-corrected chi connectivity index (χ1v) is 7.36. The highest BCUT2D eigenvalue weighted by Gasteiger charge is 2.50. The van der Waals surface area contributed by atoms with Crippen LogP contribution in [0.5, 0.6) is 0 Å². The van der Waals surface area contributed by atoms with Gasteiger partial charge in [0.1, 0.15) is 6.04 Å². The first-order chi connectivity index (χ1) is 10.1. The molecule has 0 unspecified atom stereocenters. The summed E-state index contributed by atoms with van der Waals surface area (Å²) in [6.45, 7) is 4.27. The fourth-order valence-corrected chi connectivity index (χ4v) is 3.71. The van der Waals surface area contributed by atoms with Gasteiger partial charge in [-0.15, -0.1) is 0 Å². The van der Waals surface area contributed by atoms with Crippen LogP contribution in [0.1, 0.15) is 31.1 Å². The molecule has 2 aliphatic rings. The zero-order valence-electron chi connectivity index (χ0n) is 12.1. The monoisotopic (exact) mass is 283 g/mol. The van der Waals surface area contributed by atoms with Crippen LogP contribution in [0.4, 0.5) is 4.79 Å². The number of nitrogens with zero attached hydrogens (tertiary/aromatic N) is 2. The second kappa shape index (κ2) is 4.10. The van der Waals surface area contributed by atoms with E-state index < -0.39 is 0 Å². The van der Waals surface area contributed by atoms with Crippen molar-refractivity contribution in [2.24, 2.45) is 0 Å². The standard InChI is InChI=1S/C16H17N3O2/c1-3-18-15(20)13-8-11-10-6-4-5-7-12(10)17-14(11)9(2)19(13)16(18)21/h4-7,9,13,17H,3,8H2,1-2H3/t9-,13+/m0/s1. The van der Waals surface area contributed by atoms with Crippen LogP contribution in [0.15, 0.2) is 24.3 Å². The van der Waals surface area contributed by atoms with Gasteiger partial charge >= 0.3 is 6.03 Å². The van der Waals surface area contributed by atoms with Gasteiger partial charge in [-0.3, -0.25) is 9.69 Å². The average Bonchev–Trinajstić information content (AvgIpc) is 2.97. The van der Waals surface area contributed by atoms with E-state index in [0.717, 1.165) is 16.6 Å². The summed E-state index contributed by atoms with van der Waals surface area (Å²) in [6, 6.07) is 7.50. The van der Waals surface area contributed by atoms with Gasteiger partial charge < -0.3 is 9.88 Å². The molecule has 0 saturated carbocycles. The minimum Gasteiger partial charge on any atom is -0.356 e. The molecule has 5 heteroatoms. The number of urea groups is 1. The Morgan fingerprint density at radius 2 is 2.05 bits per heavy atom. The molecule has 1 N–H and O–H groups in total. The number of para-hydroxylation sites is 1. The third kappa shape index (κ3) is 1.46. The van der Waals surface area contributed by atoms with Crippen LogP contribution in [-0.4, -0.2) is 39.3 Å². The molecule has 0 spiro atoms. The van der Waals surface area contributed by atoms with Crippen LogP contribution < -0.4 is 0 Å². The molecule has 1 fully saturated rings. The minimum absolute atomic E-state index is 0.0646. The molecule has 0 bridgehead atoms. The summed E-state index contributed by atoms with van der Waals surface area (Å²) in [4.78, 5) is 31.4. The molecule has 4 rings (SSSR count). The van der Waals surface area contributed by atoms with E-state index in [-0.39, 0.29) is 24.0 Å². The number of amides is 3. The number of carbonyl (C=O) groups excluding carboxylic acids is 2. The molecule has 3 amide bonds. The van der Waals surface area contributed by atoms with Gasteiger partial charge in [-0.2, -0.15) is 0 Å². The lowest BCUT2D eigenvalue weighted by Gasteiger charge is -2.33. The van der Waals surface area contributed by atoms with E-state index in [9.17, 15) is 9.59 Å². The van der Waals surface area contributed by atoms with Gasteiger partial charge in [0.25, 0.3) is 5.91 Å². The molecule has 1 aromatic carbocycles. The van der Waals surface area contributed by atoms with Gasteiger partial charge in [-0.25, -0.2) is 4.79 Å². The third-order valence-electron chi connectivity index (χ3n) is 4.73. The number of H-pyrrole nitrogens is 1. The third-order valence-corrected chi connectivity index (χ3v) is 4.73. The number of aromatic amines is 1. The minimum atomic E-state index is -0.348. The highest BCUT2D eigenvalue weighted by atomic mass is 16.2. The predicted molar refractivity (Wildman–Crippen MR) is 78.8 cm³/mol. The fraction of sp³-hybridized carbons (Fsp3) is 0.375. The number of rotatable bonds is 1. The lowest BCUT2D eigenvalue weighted by atomic mass is 9.93. The number of hydrogen-bond acceptors (Lipinski definition) is 2. The second-order valence-electron chi connectivity index (χ2n) is 5.73. The van der Waals surface area contributed by atoms with Crippen LogP contribution in [0.3, 0.4) is 0 Å². The molecule has 21 heavy (non-hydrogen) atoms. The molecule has 3 heterocycles. The molecule has 1 saturated heterocycles. The van der Waals surface area contributed by atoms with Gasteiger partial charge in [-0.1, -0.05) is 18.2 Å². The van der Waals surface area contributed by atoms with Gasteiger partial charge in [-0.05, 0) is 25.5 Å². The summed E-state index contributed by atoms with van der Waals surface area (Å²) < 4.78 is 0. The van der Waals surface area contributed by atoms with Crippen LogP contribution in [0.25, 0.3) is 10.9 Å². The molecular weight excluding hydrogens is 266 g/mol. The topological polar surface area (TPSA) is 56.4 Å². The van der Waals surface area contributed by atoms with E-state index in [1.165, 1.54) is 10.5 Å². The zero-order valence-corrected chi connectivity index (χ0v) is 12.1. The molecule has 1 aromatic heterocycles. The first kappa shape index (κ1) is 12.4. The van der Waals surface area contributed by atoms with E-state index in [1.807, 2.05) is 32.0 Å². The summed E-state index contributed by atoms with van der Waals surface area (Å²) >= 11 is 0. The number of carbonyl (C=O) groups is 2. The Balaban J connectivity index is 1.88. The van der Waals surface area contributed by atoms with Crippen molar-refractivity contribution in [3.05, 3.63) is 35.5 Å². The first-order valence-electron chi connectivity index (χ1n) is 7.36. The summed E-state index contributed by atoms with van der Waals surface area (Å²) in [6.07, 6.45) is 0.602. The van der Waals surface area contributed by atoms with Crippen molar-refractivity contribution in [2.45, 2.75) is 32.4 Å². The van der Waals surface area contributed by atoms with Crippen LogP contribution in [-0.2, 0) is 11.2 Å². The SMILES string of the molecule is CCN1C(=O)[C@H]2Cc3c([nH]c4ccccc34)[C@H](C)N2C1=O. The highest BCUT2D eigenvalue weighted by molar-refractivity contribution is 6.05. The second-order valence-corrected chi connectivity index (χ2v) is 5.73. The van der Waals surface area contributed by atoms with E-state index in [1.54, 1.807) is 4.90 Å². The fourth-order valence-electron chi connectivity index (χ4n) is 3.71. The lowest BCUT2D eigenvalue weighted by molar-refractivity contribution is -0.128. The Kier molecular flexibility index (Phi) is 2.43. The number of hydrogen-bond donors (Lipinski definition) is 1. The van der Waals surface area contributed by atoms with Gasteiger partial charge in [0.2, 0.25) is 0 Å². The zero-order chi connectivity index (χ0) is 14.7.